The van der Waals surface area contributed by atoms with Gasteiger partial charge in [-0.3, -0.25) is 14.5 Å². The molecule has 1 aromatic carbocycles. The summed E-state index contributed by atoms with van der Waals surface area (Å²) < 4.78 is 14.1. The largest absolute Gasteiger partial charge is 0.353 e. The molecule has 1 heterocycles. The molecule has 1 N–H and O–H groups in total. The van der Waals surface area contributed by atoms with Gasteiger partial charge >= 0.3 is 0 Å². The first kappa shape index (κ1) is 20.4. The van der Waals surface area contributed by atoms with Gasteiger partial charge in [0.25, 0.3) is 0 Å². The van der Waals surface area contributed by atoms with Gasteiger partial charge in [-0.2, -0.15) is 0 Å². The number of likely N-dealkylation sites (N-methyl/N-ethyl adjacent to an activating group) is 1. The van der Waals surface area contributed by atoms with Crippen molar-refractivity contribution in [3.63, 3.8) is 0 Å². The number of nitrogens with zero attached hydrogens (tertiary/aromatic N) is 2. The smallest absolute Gasteiger partial charge is 0.237 e. The third-order valence-electron chi connectivity index (χ3n) is 4.43. The molecule has 1 fully saturated rings. The summed E-state index contributed by atoms with van der Waals surface area (Å²) in [4.78, 5) is 28.5. The van der Waals surface area contributed by atoms with Crippen molar-refractivity contribution in [2.45, 2.75) is 32.9 Å². The van der Waals surface area contributed by atoms with Gasteiger partial charge in [-0.1, -0.05) is 29.8 Å². The van der Waals surface area contributed by atoms with E-state index in [1.165, 1.54) is 6.07 Å². The van der Waals surface area contributed by atoms with Crippen LogP contribution in [0.5, 0.6) is 0 Å². The molecule has 0 saturated carbocycles. The van der Waals surface area contributed by atoms with E-state index in [9.17, 15) is 14.0 Å². The Bertz CT molecular complexity index is 675. The molecule has 1 aliphatic heterocycles. The molecule has 5 nitrogen and oxygen atoms in total. The first-order chi connectivity index (χ1) is 12.3. The van der Waals surface area contributed by atoms with Crippen LogP contribution in [0.3, 0.4) is 0 Å². The number of benzene rings is 1. The van der Waals surface area contributed by atoms with Crippen LogP contribution in [-0.2, 0) is 16.1 Å². The van der Waals surface area contributed by atoms with Gasteiger partial charge < -0.3 is 10.2 Å². The van der Waals surface area contributed by atoms with Crippen molar-refractivity contribution in [2.24, 2.45) is 0 Å². The van der Waals surface area contributed by atoms with Gasteiger partial charge in [-0.15, -0.1) is 0 Å². The molecule has 7 heteroatoms. The van der Waals surface area contributed by atoms with E-state index >= 15 is 0 Å². The SMILES string of the molecule is C=C(C)CN(CC)C(=O)C[C@H]1C(=O)NCCN1Cc1c(F)cccc1Cl. The van der Waals surface area contributed by atoms with Crippen molar-refractivity contribution in [3.05, 3.63) is 46.8 Å². The van der Waals surface area contributed by atoms with Gasteiger partial charge in [0.15, 0.2) is 0 Å². The quantitative estimate of drug-likeness (QED) is 0.738. The number of hydrogen-bond donors (Lipinski definition) is 1. The average molecular weight is 382 g/mol. The van der Waals surface area contributed by atoms with Crippen LogP contribution in [0.25, 0.3) is 0 Å². The number of carbonyl (C=O) groups excluding carboxylic acids is 2. The minimum atomic E-state index is -0.647. The molecule has 0 aliphatic carbocycles. The Morgan fingerprint density at radius 2 is 2.23 bits per heavy atom. The molecule has 1 atom stereocenters. The summed E-state index contributed by atoms with van der Waals surface area (Å²) in [6, 6.07) is 3.86. The van der Waals surface area contributed by atoms with Gasteiger partial charge in [0, 0.05) is 43.3 Å². The fourth-order valence-corrected chi connectivity index (χ4v) is 3.28. The summed E-state index contributed by atoms with van der Waals surface area (Å²) >= 11 is 6.12. The maximum atomic E-state index is 14.1. The lowest BCUT2D eigenvalue weighted by Gasteiger charge is -2.36. The zero-order chi connectivity index (χ0) is 19.3. The van der Waals surface area contributed by atoms with Crippen LogP contribution in [-0.4, -0.2) is 53.8 Å². The predicted octanol–water partition coefficient (Wildman–Crippen LogP) is 2.59. The van der Waals surface area contributed by atoms with Crippen LogP contribution in [0.15, 0.2) is 30.4 Å². The highest BCUT2D eigenvalue weighted by Crippen LogP contribution is 2.23. The summed E-state index contributed by atoms with van der Waals surface area (Å²) in [5.41, 5.74) is 1.22. The lowest BCUT2D eigenvalue weighted by atomic mass is 10.1. The number of nitrogens with one attached hydrogen (secondary N) is 1. The van der Waals surface area contributed by atoms with Crippen molar-refractivity contribution in [2.75, 3.05) is 26.2 Å². The molecular weight excluding hydrogens is 357 g/mol. The Labute approximate surface area is 158 Å². The molecular formula is C19H25ClFN3O2. The van der Waals surface area contributed by atoms with E-state index in [0.29, 0.717) is 36.8 Å². The third kappa shape index (κ3) is 5.05. The van der Waals surface area contributed by atoms with Crippen LogP contribution < -0.4 is 5.32 Å². The van der Waals surface area contributed by atoms with E-state index in [0.717, 1.165) is 5.57 Å². The molecule has 26 heavy (non-hydrogen) atoms. The maximum absolute atomic E-state index is 14.1. The summed E-state index contributed by atoms with van der Waals surface area (Å²) in [6.45, 7) is 9.75. The van der Waals surface area contributed by atoms with E-state index in [1.807, 2.05) is 18.7 Å². The van der Waals surface area contributed by atoms with E-state index < -0.39 is 11.9 Å². The van der Waals surface area contributed by atoms with Crippen molar-refractivity contribution in [1.29, 1.82) is 0 Å². The van der Waals surface area contributed by atoms with Gasteiger partial charge in [-0.05, 0) is 26.0 Å². The molecule has 0 bridgehead atoms. The summed E-state index contributed by atoms with van der Waals surface area (Å²) in [5.74, 6) is -0.753. The zero-order valence-corrected chi connectivity index (χ0v) is 16.0. The molecule has 142 valence electrons. The molecule has 0 spiro atoms. The standard InChI is InChI=1S/C19H25ClFN3O2/c1-4-23(11-13(2)3)18(25)10-17-19(26)22-8-9-24(17)12-14-15(20)6-5-7-16(14)21/h5-7,17H,2,4,8-12H2,1,3H3,(H,22,26)/t17-/m0/s1. The first-order valence-electron chi connectivity index (χ1n) is 8.70. The van der Waals surface area contributed by atoms with Gasteiger partial charge in [0.2, 0.25) is 11.8 Å². The third-order valence-corrected chi connectivity index (χ3v) is 4.78. The number of hydrogen-bond acceptors (Lipinski definition) is 3. The number of carbonyl (C=O) groups is 2. The van der Waals surface area contributed by atoms with Crippen LogP contribution in [0.1, 0.15) is 25.8 Å². The monoisotopic (exact) mass is 381 g/mol. The van der Waals surface area contributed by atoms with E-state index in [2.05, 4.69) is 11.9 Å². The molecule has 0 aromatic heterocycles. The highest BCUT2D eigenvalue weighted by atomic mass is 35.5. The van der Waals surface area contributed by atoms with Crippen LogP contribution in [0.4, 0.5) is 4.39 Å². The molecule has 0 radical (unpaired) electrons. The van der Waals surface area contributed by atoms with E-state index in [4.69, 9.17) is 11.6 Å². The van der Waals surface area contributed by atoms with Gasteiger partial charge in [-0.25, -0.2) is 4.39 Å². The lowest BCUT2D eigenvalue weighted by molar-refractivity contribution is -0.138. The summed E-state index contributed by atoms with van der Waals surface area (Å²) in [7, 11) is 0. The number of rotatable bonds is 7. The van der Waals surface area contributed by atoms with Crippen LogP contribution in [0.2, 0.25) is 5.02 Å². The highest BCUT2D eigenvalue weighted by molar-refractivity contribution is 6.31. The number of piperazine rings is 1. The van der Waals surface area contributed by atoms with Gasteiger partial charge in [0.1, 0.15) is 5.82 Å². The van der Waals surface area contributed by atoms with Crippen molar-refractivity contribution in [3.8, 4) is 0 Å². The minimum Gasteiger partial charge on any atom is -0.353 e. The van der Waals surface area contributed by atoms with E-state index in [1.54, 1.807) is 17.0 Å². The van der Waals surface area contributed by atoms with Gasteiger partial charge in [0.05, 0.1) is 12.5 Å². The fourth-order valence-electron chi connectivity index (χ4n) is 3.06. The molecule has 2 amide bonds. The Morgan fingerprint density at radius 1 is 1.50 bits per heavy atom. The van der Waals surface area contributed by atoms with Crippen molar-refractivity contribution >= 4 is 23.4 Å². The predicted molar refractivity (Wildman–Crippen MR) is 100 cm³/mol. The molecule has 0 unspecified atom stereocenters. The minimum absolute atomic E-state index is 0.0407. The molecule has 2 rings (SSSR count). The molecule has 1 aliphatic rings. The van der Waals surface area contributed by atoms with Crippen LogP contribution in [0, 0.1) is 5.82 Å². The first-order valence-corrected chi connectivity index (χ1v) is 9.08. The number of halogens is 2. The van der Waals surface area contributed by atoms with Crippen molar-refractivity contribution in [1.82, 2.24) is 15.1 Å². The second-order valence-electron chi connectivity index (χ2n) is 6.55. The summed E-state index contributed by atoms with van der Waals surface area (Å²) in [6.07, 6.45) is 0.0407. The van der Waals surface area contributed by atoms with Crippen molar-refractivity contribution < 1.29 is 14.0 Å². The Hall–Kier alpha value is -1.92. The van der Waals surface area contributed by atoms with Crippen LogP contribution >= 0.6 is 11.6 Å². The fraction of sp³-hybridized carbons (Fsp3) is 0.474. The highest BCUT2D eigenvalue weighted by Gasteiger charge is 2.33. The maximum Gasteiger partial charge on any atom is 0.237 e. The summed E-state index contributed by atoms with van der Waals surface area (Å²) in [5, 5.41) is 3.10. The molecule has 1 aromatic rings. The molecule has 1 saturated heterocycles. The average Bonchev–Trinajstić information content (AvgIpc) is 2.58. The van der Waals surface area contributed by atoms with E-state index in [-0.39, 0.29) is 24.8 Å². The lowest BCUT2D eigenvalue weighted by Crippen LogP contribution is -2.56. The second-order valence-corrected chi connectivity index (χ2v) is 6.95. The Kier molecular flexibility index (Phi) is 7.17. The topological polar surface area (TPSA) is 52.7 Å². The Morgan fingerprint density at radius 3 is 2.85 bits per heavy atom. The zero-order valence-electron chi connectivity index (χ0n) is 15.2. The normalized spacial score (nSPS) is 17.7. The number of amides is 2. The Balaban J connectivity index is 2.16. The second kappa shape index (κ2) is 9.14.